The first kappa shape index (κ1) is 15.7. The number of hydrogen-bond acceptors (Lipinski definition) is 7. The molecule has 112 valence electrons. The molecule has 1 aromatic heterocycles. The van der Waals surface area contributed by atoms with Crippen molar-refractivity contribution in [2.45, 2.75) is 4.90 Å². The fourth-order valence-electron chi connectivity index (χ4n) is 1.52. The lowest BCUT2D eigenvalue weighted by Crippen LogP contribution is -2.13. The number of halogens is 1. The summed E-state index contributed by atoms with van der Waals surface area (Å²) in [6.45, 7) is 0. The molecule has 21 heavy (non-hydrogen) atoms. The molecule has 2 N–H and O–H groups in total. The zero-order valence-corrected chi connectivity index (χ0v) is 13.8. The molecule has 0 aliphatic carbocycles. The number of nitro groups is 1. The van der Waals surface area contributed by atoms with Gasteiger partial charge in [-0.3, -0.25) is 14.8 Å². The van der Waals surface area contributed by atoms with Crippen LogP contribution in [0.3, 0.4) is 0 Å². The van der Waals surface area contributed by atoms with Crippen molar-refractivity contribution in [3.05, 3.63) is 38.3 Å². The zero-order valence-electron chi connectivity index (χ0n) is 10.5. The maximum Gasteiger partial charge on any atom is 0.292 e. The van der Waals surface area contributed by atoms with E-state index < -0.39 is 14.9 Å². The van der Waals surface area contributed by atoms with Gasteiger partial charge in [0.15, 0.2) is 5.13 Å². The molecule has 0 saturated heterocycles. The normalized spacial score (nSPS) is 11.1. The van der Waals surface area contributed by atoms with Gasteiger partial charge in [0, 0.05) is 13.1 Å². The van der Waals surface area contributed by atoms with Gasteiger partial charge in [0.2, 0.25) is 0 Å². The van der Waals surface area contributed by atoms with Crippen molar-refractivity contribution in [2.24, 2.45) is 0 Å². The topological polar surface area (TPSA) is 114 Å². The predicted molar refractivity (Wildman–Crippen MR) is 83.3 cm³/mol. The van der Waals surface area contributed by atoms with Gasteiger partial charge in [-0.25, -0.2) is 13.4 Å². The number of hydrogen-bond donors (Lipinski definition) is 2. The molecule has 2 rings (SSSR count). The molecule has 0 atom stereocenters. The van der Waals surface area contributed by atoms with Crippen molar-refractivity contribution in [3.63, 3.8) is 0 Å². The van der Waals surface area contributed by atoms with Gasteiger partial charge in [-0.1, -0.05) is 11.3 Å². The van der Waals surface area contributed by atoms with Crippen molar-refractivity contribution in [1.29, 1.82) is 0 Å². The van der Waals surface area contributed by atoms with Crippen LogP contribution in [0.1, 0.15) is 0 Å². The quantitative estimate of drug-likeness (QED) is 0.596. The Morgan fingerprint density at radius 2 is 2.14 bits per heavy atom. The summed E-state index contributed by atoms with van der Waals surface area (Å²) in [5.74, 6) is 0. The van der Waals surface area contributed by atoms with Crippen LogP contribution in [-0.2, 0) is 10.0 Å². The molecule has 0 unspecified atom stereocenters. The van der Waals surface area contributed by atoms with Crippen molar-refractivity contribution in [2.75, 3.05) is 17.1 Å². The largest absolute Gasteiger partial charge is 0.383 e. The Bertz CT molecular complexity index is 790. The average Bonchev–Trinajstić information content (AvgIpc) is 2.82. The maximum atomic E-state index is 12.2. The van der Waals surface area contributed by atoms with Gasteiger partial charge in [0.05, 0.1) is 19.8 Å². The minimum atomic E-state index is -3.86. The van der Waals surface area contributed by atoms with Crippen LogP contribution in [0.4, 0.5) is 16.5 Å². The summed E-state index contributed by atoms with van der Waals surface area (Å²) in [5, 5.41) is 13.6. The molecule has 1 aromatic carbocycles. The van der Waals surface area contributed by atoms with Gasteiger partial charge in [0.25, 0.3) is 15.7 Å². The Kier molecular flexibility index (Phi) is 4.44. The number of rotatable bonds is 5. The first-order valence-electron chi connectivity index (χ1n) is 5.44. The first-order chi connectivity index (χ1) is 9.83. The lowest BCUT2D eigenvalue weighted by atomic mass is 10.3. The summed E-state index contributed by atoms with van der Waals surface area (Å²) in [7, 11) is -2.38. The highest BCUT2D eigenvalue weighted by Gasteiger charge is 2.21. The van der Waals surface area contributed by atoms with Crippen LogP contribution in [0.5, 0.6) is 0 Å². The molecule has 0 spiro atoms. The number of benzene rings is 1. The molecule has 0 saturated carbocycles. The molecule has 11 heteroatoms. The number of aromatic nitrogens is 1. The second kappa shape index (κ2) is 5.95. The van der Waals surface area contributed by atoms with Crippen molar-refractivity contribution < 1.29 is 13.3 Å². The highest BCUT2D eigenvalue weighted by Crippen LogP contribution is 2.29. The van der Waals surface area contributed by atoms with Crippen LogP contribution >= 0.6 is 27.3 Å². The van der Waals surface area contributed by atoms with E-state index in [1.807, 2.05) is 0 Å². The number of anilines is 2. The molecule has 0 aliphatic heterocycles. The monoisotopic (exact) mass is 392 g/mol. The first-order valence-corrected chi connectivity index (χ1v) is 8.53. The lowest BCUT2D eigenvalue weighted by molar-refractivity contribution is -0.384. The maximum absolute atomic E-state index is 12.2. The van der Waals surface area contributed by atoms with Crippen molar-refractivity contribution >= 4 is 53.8 Å². The van der Waals surface area contributed by atoms with Gasteiger partial charge < -0.3 is 5.32 Å². The Morgan fingerprint density at radius 1 is 1.43 bits per heavy atom. The van der Waals surface area contributed by atoms with E-state index in [2.05, 4.69) is 31.0 Å². The lowest BCUT2D eigenvalue weighted by Gasteiger charge is -2.07. The minimum absolute atomic E-state index is 0.0937. The van der Waals surface area contributed by atoms with Crippen LogP contribution in [-0.4, -0.2) is 25.4 Å². The van der Waals surface area contributed by atoms with Crippen molar-refractivity contribution in [1.82, 2.24) is 4.98 Å². The fourth-order valence-corrected chi connectivity index (χ4v) is 3.89. The number of nitro benzene ring substituents is 1. The summed E-state index contributed by atoms with van der Waals surface area (Å²) >= 11 is 4.30. The van der Waals surface area contributed by atoms with Crippen LogP contribution in [0, 0.1) is 10.1 Å². The van der Waals surface area contributed by atoms with E-state index in [9.17, 15) is 18.5 Å². The van der Waals surface area contributed by atoms with E-state index in [-0.39, 0.29) is 21.4 Å². The van der Waals surface area contributed by atoms with E-state index in [0.717, 1.165) is 17.4 Å². The van der Waals surface area contributed by atoms with Gasteiger partial charge >= 0.3 is 0 Å². The van der Waals surface area contributed by atoms with Gasteiger partial charge in [-0.05, 0) is 28.1 Å². The zero-order chi connectivity index (χ0) is 15.6. The third-order valence-electron chi connectivity index (χ3n) is 2.44. The molecule has 8 nitrogen and oxygen atoms in total. The molecule has 0 bridgehead atoms. The molecular weight excluding hydrogens is 384 g/mol. The highest BCUT2D eigenvalue weighted by molar-refractivity contribution is 9.11. The number of thiazole rings is 1. The molecule has 2 aromatic rings. The summed E-state index contributed by atoms with van der Waals surface area (Å²) in [6, 6.07) is 3.51. The van der Waals surface area contributed by atoms with E-state index in [0.29, 0.717) is 3.79 Å². The van der Waals surface area contributed by atoms with E-state index >= 15 is 0 Å². The van der Waals surface area contributed by atoms with Crippen LogP contribution in [0.15, 0.2) is 33.1 Å². The van der Waals surface area contributed by atoms with Gasteiger partial charge in [-0.15, -0.1) is 0 Å². The second-order valence-corrected chi connectivity index (χ2v) is 7.85. The summed E-state index contributed by atoms with van der Waals surface area (Å²) in [6.07, 6.45) is 1.47. The smallest absolute Gasteiger partial charge is 0.292 e. The van der Waals surface area contributed by atoms with E-state index in [1.165, 1.54) is 25.4 Å². The molecule has 0 aliphatic rings. The predicted octanol–water partition coefficient (Wildman–Crippen LogP) is 2.66. The van der Waals surface area contributed by atoms with E-state index in [4.69, 9.17) is 0 Å². The Labute approximate surface area is 132 Å². The molecule has 0 amide bonds. The molecule has 1 heterocycles. The minimum Gasteiger partial charge on any atom is -0.383 e. The third-order valence-corrected chi connectivity index (χ3v) is 5.30. The molecule has 0 radical (unpaired) electrons. The van der Waals surface area contributed by atoms with Crippen LogP contribution in [0.2, 0.25) is 0 Å². The highest BCUT2D eigenvalue weighted by atomic mass is 79.9. The fraction of sp³-hybridized carbons (Fsp3) is 0.100. The van der Waals surface area contributed by atoms with Gasteiger partial charge in [-0.2, -0.15) is 0 Å². The number of nitrogens with zero attached hydrogens (tertiary/aromatic N) is 2. The molecule has 0 fully saturated rings. The second-order valence-electron chi connectivity index (χ2n) is 3.76. The molecular formula is C10H9BrN4O4S2. The van der Waals surface area contributed by atoms with Crippen molar-refractivity contribution in [3.8, 4) is 0 Å². The Morgan fingerprint density at radius 3 is 2.67 bits per heavy atom. The Hall–Kier alpha value is -1.72. The standard InChI is InChI=1S/C10H9BrN4O4S2/c1-12-7-4-6(2-3-8(7)15(16)17)21(18,19)14-10-13-5-9(11)20-10/h2-5,12H,1H3,(H,13,14). The SMILES string of the molecule is CNc1cc(S(=O)(=O)Nc2ncc(Br)s2)ccc1[N+](=O)[O-]. The average molecular weight is 393 g/mol. The van der Waals surface area contributed by atoms with Crippen LogP contribution < -0.4 is 10.0 Å². The third kappa shape index (κ3) is 3.49. The summed E-state index contributed by atoms with van der Waals surface area (Å²) in [4.78, 5) is 14.0. The number of sulfonamides is 1. The number of nitrogens with one attached hydrogen (secondary N) is 2. The summed E-state index contributed by atoms with van der Waals surface area (Å²) < 4.78 is 27.4. The summed E-state index contributed by atoms with van der Waals surface area (Å²) in [5.41, 5.74) is -0.0864. The van der Waals surface area contributed by atoms with Gasteiger partial charge in [0.1, 0.15) is 5.69 Å². The van der Waals surface area contributed by atoms with E-state index in [1.54, 1.807) is 0 Å². The van der Waals surface area contributed by atoms with Crippen LogP contribution in [0.25, 0.3) is 0 Å². The Balaban J connectivity index is 2.38.